The van der Waals surface area contributed by atoms with Crippen LogP contribution in [0.2, 0.25) is 0 Å². The summed E-state index contributed by atoms with van der Waals surface area (Å²) in [5.74, 6) is -0.964. The average molecular weight is 298 g/mol. The minimum absolute atomic E-state index is 0.0267. The third kappa shape index (κ3) is 5.40. The van der Waals surface area contributed by atoms with Crippen LogP contribution in [-0.4, -0.2) is 55.5 Å². The van der Waals surface area contributed by atoms with E-state index < -0.39 is 11.5 Å². The first kappa shape index (κ1) is 18.1. The van der Waals surface area contributed by atoms with Crippen molar-refractivity contribution >= 4 is 11.8 Å². The van der Waals surface area contributed by atoms with Crippen molar-refractivity contribution in [2.24, 2.45) is 11.8 Å². The van der Waals surface area contributed by atoms with Crippen LogP contribution in [0.4, 0.5) is 0 Å². The molecule has 5 heteroatoms. The van der Waals surface area contributed by atoms with Gasteiger partial charge < -0.3 is 10.1 Å². The molecule has 5 nitrogen and oxygen atoms in total. The van der Waals surface area contributed by atoms with E-state index in [1.807, 2.05) is 46.7 Å². The van der Waals surface area contributed by atoms with Gasteiger partial charge in [-0.3, -0.25) is 14.5 Å². The van der Waals surface area contributed by atoms with Crippen LogP contribution in [-0.2, 0) is 14.3 Å². The molecule has 1 unspecified atom stereocenters. The van der Waals surface area contributed by atoms with E-state index in [-0.39, 0.29) is 23.7 Å². The van der Waals surface area contributed by atoms with Crippen LogP contribution in [0.3, 0.4) is 0 Å². The number of hydrogen-bond acceptors (Lipinski definition) is 5. The minimum Gasteiger partial charge on any atom is -0.459 e. The largest absolute Gasteiger partial charge is 0.459 e. The molecule has 21 heavy (non-hydrogen) atoms. The minimum atomic E-state index is -0.649. The zero-order valence-corrected chi connectivity index (χ0v) is 14.2. The number of Topliss-reactive ketones (excluding diaryl/α,β-unsaturated/α-hetero) is 1. The van der Waals surface area contributed by atoms with Crippen LogP contribution in [0, 0.1) is 11.8 Å². The molecule has 0 radical (unpaired) electrons. The first-order chi connectivity index (χ1) is 9.63. The average Bonchev–Trinajstić information content (AvgIpc) is 2.36. The quantitative estimate of drug-likeness (QED) is 0.615. The van der Waals surface area contributed by atoms with E-state index in [2.05, 4.69) is 5.32 Å². The Balaban J connectivity index is 2.93. The van der Waals surface area contributed by atoms with Crippen LogP contribution >= 0.6 is 0 Å². The number of likely N-dealkylation sites (N-methyl/N-ethyl adjacent to an activating group) is 1. The molecule has 1 N–H and O–H groups in total. The van der Waals surface area contributed by atoms with Gasteiger partial charge in [0.1, 0.15) is 11.5 Å². The Morgan fingerprint density at radius 1 is 1.19 bits per heavy atom. The molecular weight excluding hydrogens is 268 g/mol. The van der Waals surface area contributed by atoms with Gasteiger partial charge in [-0.05, 0) is 73.6 Å². The van der Waals surface area contributed by atoms with Crippen LogP contribution < -0.4 is 5.32 Å². The fourth-order valence-corrected chi connectivity index (χ4v) is 2.60. The molecule has 0 saturated carbocycles. The van der Waals surface area contributed by atoms with Gasteiger partial charge >= 0.3 is 5.97 Å². The van der Waals surface area contributed by atoms with Crippen LogP contribution in [0.5, 0.6) is 0 Å². The van der Waals surface area contributed by atoms with E-state index in [0.717, 1.165) is 25.9 Å². The zero-order valence-electron chi connectivity index (χ0n) is 14.2. The highest BCUT2D eigenvalue weighted by molar-refractivity contribution is 6.02. The van der Waals surface area contributed by atoms with E-state index in [4.69, 9.17) is 4.74 Å². The Kier molecular flexibility index (Phi) is 6.35. The molecule has 0 aliphatic carbocycles. The maximum absolute atomic E-state index is 12.7. The number of esters is 1. The molecule has 1 fully saturated rings. The second-order valence-corrected chi connectivity index (χ2v) is 7.14. The van der Waals surface area contributed by atoms with Crippen LogP contribution in [0.1, 0.15) is 40.5 Å². The van der Waals surface area contributed by atoms with Crippen molar-refractivity contribution in [1.82, 2.24) is 10.2 Å². The standard InChI is InChI=1S/C16H30N2O3/c1-11(18(5)6)14(19)13(12-7-9-17-10-8-12)15(20)21-16(2,3)4/h11-13,17H,7-10H2,1-6H3/t11-,13?/m0/s1. The highest BCUT2D eigenvalue weighted by Crippen LogP contribution is 2.27. The first-order valence-electron chi connectivity index (χ1n) is 7.77. The number of rotatable bonds is 5. The number of carbonyl (C=O) groups excluding carboxylic acids is 2. The Morgan fingerprint density at radius 2 is 1.71 bits per heavy atom. The second-order valence-electron chi connectivity index (χ2n) is 7.14. The number of hydrogen-bond donors (Lipinski definition) is 1. The van der Waals surface area contributed by atoms with Crippen molar-refractivity contribution in [2.75, 3.05) is 27.2 Å². The second kappa shape index (κ2) is 7.36. The number of carbonyl (C=O) groups is 2. The Bertz CT molecular complexity index is 368. The van der Waals surface area contributed by atoms with E-state index in [9.17, 15) is 9.59 Å². The summed E-state index contributed by atoms with van der Waals surface area (Å²) in [4.78, 5) is 27.1. The molecule has 0 aromatic heterocycles. The number of nitrogens with one attached hydrogen (secondary N) is 1. The van der Waals surface area contributed by atoms with Gasteiger partial charge in [0.2, 0.25) is 0 Å². The maximum Gasteiger partial charge on any atom is 0.317 e. The SMILES string of the molecule is C[C@@H](C(=O)C(C(=O)OC(C)(C)C)C1CCNCC1)N(C)C. The van der Waals surface area contributed by atoms with E-state index in [0.29, 0.717) is 0 Å². The smallest absolute Gasteiger partial charge is 0.317 e. The first-order valence-corrected chi connectivity index (χ1v) is 7.77. The molecule has 2 atom stereocenters. The summed E-state index contributed by atoms with van der Waals surface area (Å²) in [5, 5.41) is 3.27. The van der Waals surface area contributed by atoms with Gasteiger partial charge in [-0.2, -0.15) is 0 Å². The fraction of sp³-hybridized carbons (Fsp3) is 0.875. The van der Waals surface area contributed by atoms with E-state index in [1.54, 1.807) is 0 Å². The molecule has 0 bridgehead atoms. The molecule has 122 valence electrons. The third-order valence-corrected chi connectivity index (χ3v) is 4.01. The highest BCUT2D eigenvalue weighted by atomic mass is 16.6. The summed E-state index contributed by atoms with van der Waals surface area (Å²) in [5.41, 5.74) is -0.566. The predicted octanol–water partition coefficient (Wildman–Crippen LogP) is 1.46. The molecule has 0 amide bonds. The van der Waals surface area contributed by atoms with Gasteiger partial charge in [-0.25, -0.2) is 0 Å². The van der Waals surface area contributed by atoms with Gasteiger partial charge in [0, 0.05) is 0 Å². The van der Waals surface area contributed by atoms with Gasteiger partial charge in [-0.1, -0.05) is 0 Å². The summed E-state index contributed by atoms with van der Waals surface area (Å²) in [6.07, 6.45) is 1.69. The van der Waals surface area contributed by atoms with Crippen molar-refractivity contribution in [3.05, 3.63) is 0 Å². The fourth-order valence-electron chi connectivity index (χ4n) is 2.60. The maximum atomic E-state index is 12.7. The van der Waals surface area contributed by atoms with Crippen molar-refractivity contribution in [3.63, 3.8) is 0 Å². The van der Waals surface area contributed by atoms with Crippen molar-refractivity contribution in [3.8, 4) is 0 Å². The summed E-state index contributed by atoms with van der Waals surface area (Å²) >= 11 is 0. The normalized spacial score (nSPS) is 20.1. The monoisotopic (exact) mass is 298 g/mol. The summed E-state index contributed by atoms with van der Waals surface area (Å²) < 4.78 is 5.51. The van der Waals surface area contributed by atoms with Gasteiger partial charge in [-0.15, -0.1) is 0 Å². The molecule has 1 heterocycles. The van der Waals surface area contributed by atoms with E-state index >= 15 is 0 Å². The molecule has 0 aromatic carbocycles. The molecule has 1 aliphatic heterocycles. The number of ether oxygens (including phenoxy) is 1. The summed E-state index contributed by atoms with van der Waals surface area (Å²) in [6.45, 7) is 9.07. The Labute approximate surface area is 128 Å². The number of nitrogens with zero attached hydrogens (tertiary/aromatic N) is 1. The van der Waals surface area contributed by atoms with E-state index in [1.165, 1.54) is 0 Å². The lowest BCUT2D eigenvalue weighted by Crippen LogP contribution is -2.47. The lowest BCUT2D eigenvalue weighted by molar-refractivity contribution is -0.165. The molecule has 0 aromatic rings. The van der Waals surface area contributed by atoms with Crippen LogP contribution in [0.15, 0.2) is 0 Å². The lowest BCUT2D eigenvalue weighted by Gasteiger charge is -2.33. The third-order valence-electron chi connectivity index (χ3n) is 4.01. The van der Waals surface area contributed by atoms with Gasteiger partial charge in [0.05, 0.1) is 6.04 Å². The Morgan fingerprint density at radius 3 is 2.14 bits per heavy atom. The number of piperidine rings is 1. The molecule has 1 rings (SSSR count). The Hall–Kier alpha value is -0.940. The summed E-state index contributed by atoms with van der Waals surface area (Å²) in [6, 6.07) is -0.280. The van der Waals surface area contributed by atoms with Crippen molar-refractivity contribution < 1.29 is 14.3 Å². The topological polar surface area (TPSA) is 58.6 Å². The summed E-state index contributed by atoms with van der Waals surface area (Å²) in [7, 11) is 3.72. The number of ketones is 1. The van der Waals surface area contributed by atoms with Crippen molar-refractivity contribution in [2.45, 2.75) is 52.2 Å². The highest BCUT2D eigenvalue weighted by Gasteiger charge is 2.40. The molecule has 0 spiro atoms. The van der Waals surface area contributed by atoms with Crippen LogP contribution in [0.25, 0.3) is 0 Å². The zero-order chi connectivity index (χ0) is 16.2. The molecule has 1 saturated heterocycles. The van der Waals surface area contributed by atoms with Gasteiger partial charge in [0.25, 0.3) is 0 Å². The molecular formula is C16H30N2O3. The predicted molar refractivity (Wildman–Crippen MR) is 83.1 cm³/mol. The van der Waals surface area contributed by atoms with Crippen molar-refractivity contribution in [1.29, 1.82) is 0 Å². The molecule has 1 aliphatic rings. The lowest BCUT2D eigenvalue weighted by atomic mass is 9.80. The van der Waals surface area contributed by atoms with Gasteiger partial charge in [0.15, 0.2) is 5.78 Å².